The molecule has 16 heavy (non-hydrogen) atoms. The van der Waals surface area contributed by atoms with Crippen molar-refractivity contribution >= 4 is 11.3 Å². The number of thiazole rings is 1. The summed E-state index contributed by atoms with van der Waals surface area (Å²) < 4.78 is 4.99. The first kappa shape index (κ1) is 12.0. The van der Waals surface area contributed by atoms with Crippen LogP contribution in [0.3, 0.4) is 0 Å². The van der Waals surface area contributed by atoms with E-state index in [1.54, 1.807) is 7.11 Å². The first-order valence-electron chi connectivity index (χ1n) is 5.82. The van der Waals surface area contributed by atoms with Gasteiger partial charge >= 0.3 is 0 Å². The van der Waals surface area contributed by atoms with Crippen LogP contribution in [0.15, 0.2) is 0 Å². The summed E-state index contributed by atoms with van der Waals surface area (Å²) in [6.45, 7) is 7.11. The highest BCUT2D eigenvalue weighted by Gasteiger charge is 2.33. The van der Waals surface area contributed by atoms with E-state index >= 15 is 0 Å². The van der Waals surface area contributed by atoms with E-state index in [9.17, 15) is 0 Å². The van der Waals surface area contributed by atoms with Crippen molar-refractivity contribution in [1.82, 2.24) is 10.3 Å². The molecule has 1 aliphatic carbocycles. The van der Waals surface area contributed by atoms with Gasteiger partial charge in [0, 0.05) is 30.5 Å². The van der Waals surface area contributed by atoms with E-state index in [1.807, 2.05) is 11.3 Å². The average Bonchev–Trinajstić information content (AvgIpc) is 2.76. The number of methoxy groups -OCH3 is 1. The van der Waals surface area contributed by atoms with Crippen molar-refractivity contribution in [2.24, 2.45) is 0 Å². The fourth-order valence-electron chi connectivity index (χ4n) is 2.09. The SMILES string of the molecule is COCCNCc1nc2c(s1)CCC2(C)C. The van der Waals surface area contributed by atoms with E-state index in [0.717, 1.165) is 19.7 Å². The third-order valence-corrected chi connectivity index (χ3v) is 4.23. The van der Waals surface area contributed by atoms with Crippen molar-refractivity contribution in [3.63, 3.8) is 0 Å². The summed E-state index contributed by atoms with van der Waals surface area (Å²) in [5.74, 6) is 0. The predicted octanol–water partition coefficient (Wildman–Crippen LogP) is 2.10. The summed E-state index contributed by atoms with van der Waals surface area (Å²) >= 11 is 1.87. The third-order valence-electron chi connectivity index (χ3n) is 3.12. The highest BCUT2D eigenvalue weighted by molar-refractivity contribution is 7.11. The number of hydrogen-bond donors (Lipinski definition) is 1. The van der Waals surface area contributed by atoms with Crippen molar-refractivity contribution in [3.05, 3.63) is 15.6 Å². The molecule has 0 aliphatic heterocycles. The van der Waals surface area contributed by atoms with E-state index < -0.39 is 0 Å². The van der Waals surface area contributed by atoms with Gasteiger partial charge in [-0.05, 0) is 12.8 Å². The second kappa shape index (κ2) is 4.82. The van der Waals surface area contributed by atoms with Crippen LogP contribution in [-0.2, 0) is 23.1 Å². The van der Waals surface area contributed by atoms with Gasteiger partial charge in [-0.2, -0.15) is 0 Å². The molecule has 0 amide bonds. The van der Waals surface area contributed by atoms with E-state index in [2.05, 4.69) is 19.2 Å². The molecule has 0 saturated carbocycles. The first-order valence-corrected chi connectivity index (χ1v) is 6.64. The Labute approximate surface area is 101 Å². The van der Waals surface area contributed by atoms with Gasteiger partial charge in [-0.15, -0.1) is 11.3 Å². The van der Waals surface area contributed by atoms with Crippen molar-refractivity contribution in [3.8, 4) is 0 Å². The number of aryl methyl sites for hydroxylation is 1. The molecule has 0 bridgehead atoms. The molecule has 4 heteroatoms. The number of hydrogen-bond acceptors (Lipinski definition) is 4. The zero-order valence-corrected chi connectivity index (χ0v) is 11.1. The highest BCUT2D eigenvalue weighted by atomic mass is 32.1. The Morgan fingerprint density at radius 3 is 3.00 bits per heavy atom. The summed E-state index contributed by atoms with van der Waals surface area (Å²) in [7, 11) is 1.72. The molecule has 1 N–H and O–H groups in total. The molecule has 1 aliphatic rings. The molecular formula is C12H20N2OS. The quantitative estimate of drug-likeness (QED) is 0.800. The summed E-state index contributed by atoms with van der Waals surface area (Å²) in [5, 5.41) is 4.56. The normalized spacial score (nSPS) is 17.7. The lowest BCUT2D eigenvalue weighted by molar-refractivity contribution is 0.199. The zero-order chi connectivity index (χ0) is 11.6. The fraction of sp³-hybridized carbons (Fsp3) is 0.750. The van der Waals surface area contributed by atoms with Gasteiger partial charge in [0.1, 0.15) is 5.01 Å². The van der Waals surface area contributed by atoms with Gasteiger partial charge in [-0.25, -0.2) is 4.98 Å². The van der Waals surface area contributed by atoms with Crippen LogP contribution in [0.25, 0.3) is 0 Å². The van der Waals surface area contributed by atoms with Gasteiger partial charge in [0.05, 0.1) is 12.3 Å². The van der Waals surface area contributed by atoms with Crippen LogP contribution in [0, 0.1) is 0 Å². The van der Waals surface area contributed by atoms with Crippen molar-refractivity contribution in [1.29, 1.82) is 0 Å². The van der Waals surface area contributed by atoms with E-state index in [0.29, 0.717) is 0 Å². The number of nitrogens with one attached hydrogen (secondary N) is 1. The molecule has 1 heterocycles. The van der Waals surface area contributed by atoms with E-state index in [-0.39, 0.29) is 5.41 Å². The van der Waals surface area contributed by atoms with Gasteiger partial charge in [-0.1, -0.05) is 13.8 Å². The summed E-state index contributed by atoms with van der Waals surface area (Å²) in [4.78, 5) is 6.25. The summed E-state index contributed by atoms with van der Waals surface area (Å²) in [5.41, 5.74) is 1.62. The molecule has 1 aromatic rings. The Morgan fingerprint density at radius 1 is 1.50 bits per heavy atom. The van der Waals surface area contributed by atoms with Gasteiger partial charge in [0.15, 0.2) is 0 Å². The zero-order valence-electron chi connectivity index (χ0n) is 10.3. The van der Waals surface area contributed by atoms with E-state index in [1.165, 1.54) is 28.4 Å². The smallest absolute Gasteiger partial charge is 0.107 e. The van der Waals surface area contributed by atoms with Gasteiger partial charge in [0.2, 0.25) is 0 Å². The first-order chi connectivity index (χ1) is 7.63. The largest absolute Gasteiger partial charge is 0.383 e. The lowest BCUT2D eigenvalue weighted by Crippen LogP contribution is -2.19. The molecule has 0 radical (unpaired) electrons. The van der Waals surface area contributed by atoms with Gasteiger partial charge < -0.3 is 10.1 Å². The van der Waals surface area contributed by atoms with Crippen LogP contribution in [0.5, 0.6) is 0 Å². The van der Waals surface area contributed by atoms with Crippen LogP contribution in [0.2, 0.25) is 0 Å². The third kappa shape index (κ3) is 2.44. The molecule has 0 spiro atoms. The molecule has 0 unspecified atom stereocenters. The average molecular weight is 240 g/mol. The number of aromatic nitrogens is 1. The van der Waals surface area contributed by atoms with Gasteiger partial charge in [-0.3, -0.25) is 0 Å². The molecule has 1 aromatic heterocycles. The predicted molar refractivity (Wildman–Crippen MR) is 67.0 cm³/mol. The second-order valence-corrected chi connectivity index (χ2v) is 6.10. The van der Waals surface area contributed by atoms with Crippen LogP contribution < -0.4 is 5.32 Å². The van der Waals surface area contributed by atoms with Crippen molar-refractivity contribution < 1.29 is 4.74 Å². The topological polar surface area (TPSA) is 34.1 Å². The Hall–Kier alpha value is -0.450. The molecule has 3 nitrogen and oxygen atoms in total. The highest BCUT2D eigenvalue weighted by Crippen LogP contribution is 2.40. The van der Waals surface area contributed by atoms with E-state index in [4.69, 9.17) is 9.72 Å². The lowest BCUT2D eigenvalue weighted by atomic mass is 9.91. The maximum absolute atomic E-state index is 4.99. The van der Waals surface area contributed by atoms with Crippen LogP contribution >= 0.6 is 11.3 Å². The number of nitrogens with zero attached hydrogens (tertiary/aromatic N) is 1. The Balaban J connectivity index is 1.93. The monoisotopic (exact) mass is 240 g/mol. The second-order valence-electron chi connectivity index (χ2n) is 4.93. The molecular weight excluding hydrogens is 220 g/mol. The van der Waals surface area contributed by atoms with Crippen molar-refractivity contribution in [2.75, 3.05) is 20.3 Å². The molecule has 2 rings (SSSR count). The van der Waals surface area contributed by atoms with Gasteiger partial charge in [0.25, 0.3) is 0 Å². The number of ether oxygens (including phenoxy) is 1. The minimum absolute atomic E-state index is 0.288. The molecule has 90 valence electrons. The molecule has 0 atom stereocenters. The minimum atomic E-state index is 0.288. The maximum atomic E-state index is 4.99. The standard InChI is InChI=1S/C12H20N2OS/c1-12(2)5-4-9-11(12)14-10(16-9)8-13-6-7-15-3/h13H,4-8H2,1-3H3. The van der Waals surface area contributed by atoms with Crippen LogP contribution in [-0.4, -0.2) is 25.2 Å². The number of fused-ring (bicyclic) bond motifs is 1. The fourth-order valence-corrected chi connectivity index (χ4v) is 3.31. The molecule has 0 fully saturated rings. The minimum Gasteiger partial charge on any atom is -0.383 e. The Morgan fingerprint density at radius 2 is 2.31 bits per heavy atom. The molecule has 0 aromatic carbocycles. The number of rotatable bonds is 5. The van der Waals surface area contributed by atoms with Crippen LogP contribution in [0.4, 0.5) is 0 Å². The Bertz CT molecular complexity index is 360. The maximum Gasteiger partial charge on any atom is 0.107 e. The Kier molecular flexibility index (Phi) is 3.62. The van der Waals surface area contributed by atoms with Crippen molar-refractivity contribution in [2.45, 2.75) is 38.6 Å². The molecule has 0 saturated heterocycles. The van der Waals surface area contributed by atoms with Crippen LogP contribution in [0.1, 0.15) is 35.8 Å². The summed E-state index contributed by atoms with van der Waals surface area (Å²) in [6, 6.07) is 0. The summed E-state index contributed by atoms with van der Waals surface area (Å²) in [6.07, 6.45) is 2.45. The lowest BCUT2D eigenvalue weighted by Gasteiger charge is -2.15.